The second kappa shape index (κ2) is 28.1. The third-order valence-electron chi connectivity index (χ3n) is 19.3. The number of fused-ring (bicyclic) bond motifs is 6. The van der Waals surface area contributed by atoms with Crippen LogP contribution in [0.25, 0.3) is 43.9 Å². The maximum atomic E-state index is 8.04. The molecule has 2 aromatic heterocycles. The zero-order chi connectivity index (χ0) is 71.4. The van der Waals surface area contributed by atoms with Gasteiger partial charge in [-0.3, -0.25) is 9.05 Å². The van der Waals surface area contributed by atoms with E-state index in [4.69, 9.17) is 58.4 Å². The van der Waals surface area contributed by atoms with E-state index >= 15 is 0 Å². The lowest BCUT2D eigenvalue weighted by Gasteiger charge is -2.44. The fourth-order valence-corrected chi connectivity index (χ4v) is 25.9. The van der Waals surface area contributed by atoms with Crippen molar-refractivity contribution in [1.29, 1.82) is 0 Å². The molecule has 1 unspecified atom stereocenters. The molecule has 11 rings (SSSR count). The molecule has 1 aliphatic rings. The van der Waals surface area contributed by atoms with E-state index < -0.39 is 89.3 Å². The van der Waals surface area contributed by atoms with Gasteiger partial charge in [0.25, 0.3) is 16.6 Å². The first-order chi connectivity index (χ1) is 46.6. The zero-order valence-corrected chi connectivity index (χ0v) is 65.9. The van der Waals surface area contributed by atoms with Gasteiger partial charge in [0.15, 0.2) is 0 Å². The highest BCUT2D eigenvalue weighted by molar-refractivity contribution is 7.32. The number of rotatable bonds is 18. The highest BCUT2D eigenvalue weighted by Crippen LogP contribution is 2.50. The minimum Gasteiger partial charge on any atom is -0.497 e. The molecule has 1 saturated heterocycles. The second-order valence-electron chi connectivity index (χ2n) is 32.3. The van der Waals surface area contributed by atoms with E-state index in [1.54, 1.807) is 28.4 Å². The SMILES string of the molecule is COc1cc(C(C)(C)C)c2op(O[C@H]3[C@@H](CO[Si](c4ccccc4)(c4ccccc4)C(C)(C)C)OC(CO[Si](c4ccccc4)(c4ccccc4)C(C)(C)C)[C@@H]3Op3oc4c(C(C)(C)C)cc(OC)cc4c4cc(OC)cc(C(C)(C)C)c4o3)oc3c(C(C)(C)C)cc(OC)cc3c2c1. The highest BCUT2D eigenvalue weighted by atomic mass is 31.1. The summed E-state index contributed by atoms with van der Waals surface area (Å²) >= 11 is 0. The average Bonchev–Trinajstić information content (AvgIpc) is 1.49. The quantitative estimate of drug-likeness (QED) is 0.0755. The Balaban J connectivity index is 1.25. The van der Waals surface area contributed by atoms with Gasteiger partial charge < -0.3 is 49.3 Å². The van der Waals surface area contributed by atoms with Crippen LogP contribution in [0, 0.1) is 0 Å². The molecule has 3 heterocycles. The molecule has 0 saturated carbocycles. The van der Waals surface area contributed by atoms with Gasteiger partial charge in [-0.1, -0.05) is 246 Å². The van der Waals surface area contributed by atoms with Gasteiger partial charge in [0.2, 0.25) is 0 Å². The minimum atomic E-state index is -3.32. The number of hydrogen-bond donors (Lipinski definition) is 0. The van der Waals surface area contributed by atoms with Crippen molar-refractivity contribution in [2.24, 2.45) is 0 Å². The van der Waals surface area contributed by atoms with Crippen LogP contribution in [0.5, 0.6) is 23.0 Å². The summed E-state index contributed by atoms with van der Waals surface area (Å²) < 4.78 is 94.7. The Kier molecular flexibility index (Phi) is 20.8. The number of methoxy groups -OCH3 is 4. The van der Waals surface area contributed by atoms with E-state index in [9.17, 15) is 0 Å². The Labute approximate surface area is 590 Å². The number of benzene rings is 8. The Morgan fingerprint density at radius 2 is 0.545 bits per heavy atom. The number of hydrogen-bond acceptors (Lipinski definition) is 13. The molecule has 4 atom stereocenters. The second-order valence-corrected chi connectivity index (χ2v) is 43.0. The topological polar surface area (TPSA) is 136 Å². The van der Waals surface area contributed by atoms with Crippen LogP contribution in [0.4, 0.5) is 0 Å². The van der Waals surface area contributed by atoms with Crippen LogP contribution in [0.15, 0.2) is 187 Å². The van der Waals surface area contributed by atoms with Crippen molar-refractivity contribution in [3.63, 3.8) is 0 Å². The molecule has 526 valence electrons. The molecule has 8 aromatic carbocycles. The molecule has 99 heavy (non-hydrogen) atoms. The molecular weight excluding hydrogens is 1310 g/mol. The average molecular weight is 1410 g/mol. The van der Waals surface area contributed by atoms with Crippen LogP contribution in [0.2, 0.25) is 10.1 Å². The summed E-state index contributed by atoms with van der Waals surface area (Å²) in [5.41, 5.74) is 4.05. The summed E-state index contributed by atoms with van der Waals surface area (Å²) in [5, 5.41) is 6.68. The Hall–Kier alpha value is -7.01. The van der Waals surface area contributed by atoms with Crippen molar-refractivity contribution in [3.05, 3.63) is 192 Å². The van der Waals surface area contributed by atoms with Crippen LogP contribution in [0.3, 0.4) is 0 Å². The zero-order valence-electron chi connectivity index (χ0n) is 62.1. The van der Waals surface area contributed by atoms with Crippen molar-refractivity contribution < 1.29 is 58.4 Å². The van der Waals surface area contributed by atoms with Gasteiger partial charge in [-0.05, 0) is 101 Å². The normalized spacial score (nSPS) is 16.8. The van der Waals surface area contributed by atoms with Crippen LogP contribution >= 0.6 is 16.5 Å². The van der Waals surface area contributed by atoms with Gasteiger partial charge in [0.1, 0.15) is 69.7 Å². The Morgan fingerprint density at radius 1 is 0.323 bits per heavy atom. The first kappa shape index (κ1) is 73.2. The number of ether oxygens (including phenoxy) is 5. The monoisotopic (exact) mass is 1410 g/mol. The van der Waals surface area contributed by atoms with Gasteiger partial charge >= 0.3 is 16.5 Å². The van der Waals surface area contributed by atoms with Crippen LogP contribution in [-0.4, -0.2) is 82.7 Å². The fourth-order valence-electron chi connectivity index (χ4n) is 14.2. The summed E-state index contributed by atoms with van der Waals surface area (Å²) in [4.78, 5) is 0. The Morgan fingerprint density at radius 3 is 0.737 bits per heavy atom. The standard InChI is InChI=1S/C82H102O13P2Si2/c1-77(2,3)65-47-53(83-19)43-61-62-44-54(84-20)48-66(78(4,5)6)72(62)91-96(90-71(61)65)94-75-69(51-87-98(81(13,14)15,57-35-27-23-28-36-57)58-37-29-24-30-38-58)89-70(52-88-99(82(16,17)18,59-39-31-25-32-40-59)60-41-33-26-34-42-60)76(75)95-97-92-73-63(45-55(85-21)49-67(73)79(7,8)9)64-46-56(86-22)50-68(74(64)93-97)80(10,11)12/h23-50,69-70,75-76H,51-52H2,1-22H3/t69-,70?,75+,76+/m1/s1. The molecule has 10 aromatic rings. The molecule has 13 nitrogen and oxygen atoms in total. The molecule has 0 bridgehead atoms. The molecule has 1 aliphatic heterocycles. The van der Waals surface area contributed by atoms with E-state index in [2.05, 4.69) is 246 Å². The lowest BCUT2D eigenvalue weighted by molar-refractivity contribution is -0.0266. The van der Waals surface area contributed by atoms with Gasteiger partial charge in [-0.2, -0.15) is 0 Å². The lowest BCUT2D eigenvalue weighted by atomic mass is 9.84. The van der Waals surface area contributed by atoms with E-state index in [1.807, 2.05) is 48.5 Å². The summed E-state index contributed by atoms with van der Waals surface area (Å²) in [7, 11) is -4.82. The molecule has 1 fully saturated rings. The molecule has 0 aliphatic carbocycles. The summed E-state index contributed by atoms with van der Waals surface area (Å²) in [6, 6.07) is 59.0. The molecule has 0 amide bonds. The van der Waals surface area contributed by atoms with Gasteiger partial charge in [0, 0.05) is 43.8 Å². The van der Waals surface area contributed by atoms with Crippen LogP contribution in [0.1, 0.15) is 147 Å². The Bertz CT molecular complexity index is 4040. The van der Waals surface area contributed by atoms with Crippen LogP contribution in [-0.2, 0) is 35.2 Å². The van der Waals surface area contributed by atoms with E-state index in [1.165, 1.54) is 0 Å². The van der Waals surface area contributed by atoms with Gasteiger partial charge in [-0.15, -0.1) is 0 Å². The minimum absolute atomic E-state index is 0.0476. The first-order valence-electron chi connectivity index (χ1n) is 34.4. The van der Waals surface area contributed by atoms with Crippen molar-refractivity contribution >= 4 is 97.7 Å². The predicted octanol–water partition coefficient (Wildman–Crippen LogP) is 19.3. The highest BCUT2D eigenvalue weighted by Gasteiger charge is 2.56. The van der Waals surface area contributed by atoms with Crippen molar-refractivity contribution in [3.8, 4) is 23.0 Å². The van der Waals surface area contributed by atoms with E-state index in [0.717, 1.165) is 64.5 Å². The van der Waals surface area contributed by atoms with Crippen molar-refractivity contribution in [1.82, 2.24) is 0 Å². The molecule has 17 heteroatoms. The van der Waals surface area contributed by atoms with Crippen LogP contribution < -0.4 is 48.7 Å². The smallest absolute Gasteiger partial charge is 0.387 e. The first-order valence-corrected chi connectivity index (χ1v) is 40.4. The third kappa shape index (κ3) is 14.5. The van der Waals surface area contributed by atoms with Gasteiger partial charge in [-0.25, -0.2) is 0 Å². The van der Waals surface area contributed by atoms with Gasteiger partial charge in [0.05, 0.1) is 41.7 Å². The van der Waals surface area contributed by atoms with E-state index in [-0.39, 0.29) is 13.2 Å². The molecular formula is C82H102O13P2Si2. The third-order valence-corrected chi connectivity index (χ3v) is 31.4. The molecule has 0 N–H and O–H groups in total. The fraction of sp³-hybridized carbons (Fsp3) is 0.415. The van der Waals surface area contributed by atoms with Crippen molar-refractivity contribution in [2.45, 2.75) is 181 Å². The maximum absolute atomic E-state index is 8.04. The summed E-state index contributed by atoms with van der Waals surface area (Å²) in [5.74, 6) is 2.66. The lowest BCUT2D eigenvalue weighted by Crippen LogP contribution is -2.67. The van der Waals surface area contributed by atoms with Crippen molar-refractivity contribution in [2.75, 3.05) is 41.7 Å². The summed E-state index contributed by atoms with van der Waals surface area (Å²) in [6.07, 6.45) is -3.87. The van der Waals surface area contributed by atoms with E-state index in [0.29, 0.717) is 45.3 Å². The predicted molar refractivity (Wildman–Crippen MR) is 410 cm³/mol. The maximum Gasteiger partial charge on any atom is 0.387 e. The molecule has 0 radical (unpaired) electrons. The molecule has 0 spiro atoms. The largest absolute Gasteiger partial charge is 0.497 e. The summed E-state index contributed by atoms with van der Waals surface area (Å²) in [6.45, 7) is 39.8.